The summed E-state index contributed by atoms with van der Waals surface area (Å²) < 4.78 is 20.7. The van der Waals surface area contributed by atoms with Crippen LogP contribution in [0.5, 0.6) is 0 Å². The van der Waals surface area contributed by atoms with Crippen LogP contribution in [0.1, 0.15) is 6.92 Å². The Bertz CT molecular complexity index is 396. The first-order chi connectivity index (χ1) is 8.65. The molecule has 6 unspecified atom stereocenters. The fourth-order valence-corrected chi connectivity index (χ4v) is 2.44. The zero-order valence-electron chi connectivity index (χ0n) is 10.3. The van der Waals surface area contributed by atoms with E-state index < -0.39 is 44.1 Å². The molecule has 1 heterocycles. The lowest BCUT2D eigenvalue weighted by Gasteiger charge is -2.41. The maximum atomic E-state index is 11.2. The Hall–Kier alpha value is -0.830. The van der Waals surface area contributed by atoms with Crippen molar-refractivity contribution in [1.82, 2.24) is 5.32 Å². The summed E-state index contributed by atoms with van der Waals surface area (Å²) in [5.74, 6) is -0.557. The van der Waals surface area contributed by atoms with E-state index in [0.29, 0.717) is 0 Å². The topological polar surface area (TPSA) is 142 Å². The molecule has 4 N–H and O–H groups in total. The second-order valence-electron chi connectivity index (χ2n) is 4.22. The highest BCUT2D eigenvalue weighted by molar-refractivity contribution is 7.51. The highest BCUT2D eigenvalue weighted by atomic mass is 31.2. The van der Waals surface area contributed by atoms with E-state index >= 15 is 0 Å². The lowest BCUT2D eigenvalue weighted by molar-refractivity contribution is -0.234. The zero-order chi connectivity index (χ0) is 14.8. The van der Waals surface area contributed by atoms with Gasteiger partial charge in [0.25, 0.3) is 0 Å². The van der Waals surface area contributed by atoms with Gasteiger partial charge in [0.1, 0.15) is 24.4 Å². The quantitative estimate of drug-likeness (QED) is 0.343. The molecule has 0 saturated carbocycles. The standard InChI is InChI=1S/C9H16NO8P/c1-4(12)10-6-7(13)8(18-19(2,15)16)5(3-11)17-9(6)14/h3,5-9,13-14H,1-2H3,(H,10,12)(H,15,16). The average Bonchev–Trinajstić information content (AvgIpc) is 2.26. The molecular weight excluding hydrogens is 281 g/mol. The number of rotatable bonds is 4. The van der Waals surface area contributed by atoms with Gasteiger partial charge in [-0.1, -0.05) is 0 Å². The van der Waals surface area contributed by atoms with Gasteiger partial charge in [-0.25, -0.2) is 0 Å². The summed E-state index contributed by atoms with van der Waals surface area (Å²) in [6.07, 6.45) is -5.88. The van der Waals surface area contributed by atoms with Crippen LogP contribution < -0.4 is 5.32 Å². The number of aliphatic hydroxyl groups is 2. The van der Waals surface area contributed by atoms with Crippen molar-refractivity contribution in [2.24, 2.45) is 0 Å². The van der Waals surface area contributed by atoms with Crippen molar-refractivity contribution >= 4 is 19.8 Å². The van der Waals surface area contributed by atoms with Crippen molar-refractivity contribution in [3.05, 3.63) is 0 Å². The third kappa shape index (κ3) is 4.34. The summed E-state index contributed by atoms with van der Waals surface area (Å²) in [7, 11) is -4.00. The predicted molar refractivity (Wildman–Crippen MR) is 61.2 cm³/mol. The van der Waals surface area contributed by atoms with Gasteiger partial charge in [-0.3, -0.25) is 13.9 Å². The maximum absolute atomic E-state index is 11.2. The Balaban J connectivity index is 2.94. The molecule has 0 aromatic carbocycles. The SMILES string of the molecule is CC(=O)NC1C(O)OC(C=O)C(OP(C)(=O)O)C1O. The van der Waals surface area contributed by atoms with Gasteiger partial charge in [-0.15, -0.1) is 0 Å². The van der Waals surface area contributed by atoms with Crippen LogP contribution in [0.3, 0.4) is 0 Å². The van der Waals surface area contributed by atoms with Gasteiger partial charge in [0.15, 0.2) is 12.6 Å². The van der Waals surface area contributed by atoms with Gasteiger partial charge < -0.3 is 30.0 Å². The number of carbonyl (C=O) groups is 2. The third-order valence-corrected chi connectivity index (χ3v) is 3.09. The fourth-order valence-electron chi connectivity index (χ4n) is 1.74. The van der Waals surface area contributed by atoms with E-state index in [0.717, 1.165) is 13.6 Å². The molecule has 0 radical (unpaired) electrons. The molecular formula is C9H16NO8P. The maximum Gasteiger partial charge on any atom is 0.325 e. The third-order valence-electron chi connectivity index (χ3n) is 2.45. The molecule has 0 aromatic heterocycles. The van der Waals surface area contributed by atoms with Crippen molar-refractivity contribution in [2.75, 3.05) is 6.66 Å². The summed E-state index contributed by atoms with van der Waals surface area (Å²) >= 11 is 0. The smallest absolute Gasteiger partial charge is 0.325 e. The Kier molecular flexibility index (Phi) is 5.19. The zero-order valence-corrected chi connectivity index (χ0v) is 11.2. The largest absolute Gasteiger partial charge is 0.388 e. The van der Waals surface area contributed by atoms with Gasteiger partial charge >= 0.3 is 7.60 Å². The number of ether oxygens (including phenoxy) is 1. The van der Waals surface area contributed by atoms with Crippen LogP contribution in [0.15, 0.2) is 0 Å². The van der Waals surface area contributed by atoms with Crippen LogP contribution >= 0.6 is 7.60 Å². The first-order valence-electron chi connectivity index (χ1n) is 5.38. The molecule has 1 rings (SSSR count). The Morgan fingerprint density at radius 2 is 2.05 bits per heavy atom. The van der Waals surface area contributed by atoms with E-state index in [2.05, 4.69) is 5.32 Å². The molecule has 0 spiro atoms. The van der Waals surface area contributed by atoms with Crippen LogP contribution in [0.25, 0.3) is 0 Å². The lowest BCUT2D eigenvalue weighted by Crippen LogP contribution is -2.64. The van der Waals surface area contributed by atoms with Gasteiger partial charge in [-0.2, -0.15) is 0 Å². The van der Waals surface area contributed by atoms with E-state index in [9.17, 15) is 24.4 Å². The number of hydrogen-bond acceptors (Lipinski definition) is 7. The average molecular weight is 297 g/mol. The van der Waals surface area contributed by atoms with Crippen molar-refractivity contribution in [1.29, 1.82) is 0 Å². The molecule has 0 aromatic rings. The Labute approximate surface area is 109 Å². The minimum Gasteiger partial charge on any atom is -0.388 e. The number of aldehydes is 1. The van der Waals surface area contributed by atoms with Gasteiger partial charge in [0, 0.05) is 13.6 Å². The molecule has 10 heteroatoms. The van der Waals surface area contributed by atoms with E-state index in [1.807, 2.05) is 0 Å². The number of nitrogens with one attached hydrogen (secondary N) is 1. The molecule has 110 valence electrons. The normalized spacial score (nSPS) is 38.3. The van der Waals surface area contributed by atoms with Gasteiger partial charge in [-0.05, 0) is 0 Å². The summed E-state index contributed by atoms with van der Waals surface area (Å²) in [6.45, 7) is 2.03. The van der Waals surface area contributed by atoms with Crippen LogP contribution in [0, 0.1) is 0 Å². The Morgan fingerprint density at radius 3 is 2.47 bits per heavy atom. The van der Waals surface area contributed by atoms with E-state index in [1.165, 1.54) is 0 Å². The molecule has 0 bridgehead atoms. The highest BCUT2D eigenvalue weighted by Crippen LogP contribution is 2.41. The van der Waals surface area contributed by atoms with E-state index in [4.69, 9.17) is 14.2 Å². The van der Waals surface area contributed by atoms with Crippen molar-refractivity contribution in [3.63, 3.8) is 0 Å². The summed E-state index contributed by atoms with van der Waals surface area (Å²) in [6, 6.07) is -1.27. The van der Waals surface area contributed by atoms with Crippen LogP contribution in [0.4, 0.5) is 0 Å². The number of aliphatic hydroxyl groups excluding tert-OH is 2. The van der Waals surface area contributed by atoms with Crippen LogP contribution in [-0.4, -0.2) is 64.6 Å². The first kappa shape index (κ1) is 16.2. The minimum atomic E-state index is -4.00. The molecule has 1 saturated heterocycles. The van der Waals surface area contributed by atoms with Gasteiger partial charge in [0.05, 0.1) is 0 Å². The second kappa shape index (κ2) is 6.08. The van der Waals surface area contributed by atoms with E-state index in [-0.39, 0.29) is 6.29 Å². The van der Waals surface area contributed by atoms with Crippen molar-refractivity contribution < 1.29 is 38.5 Å². The van der Waals surface area contributed by atoms with Gasteiger partial charge in [0.2, 0.25) is 5.91 Å². The molecule has 0 aliphatic carbocycles. The van der Waals surface area contributed by atoms with E-state index in [1.54, 1.807) is 0 Å². The molecule has 1 aliphatic heterocycles. The summed E-state index contributed by atoms with van der Waals surface area (Å²) in [5, 5.41) is 21.7. The minimum absolute atomic E-state index is 0.233. The van der Waals surface area contributed by atoms with Crippen molar-refractivity contribution in [2.45, 2.75) is 37.6 Å². The molecule has 19 heavy (non-hydrogen) atoms. The molecule has 1 aliphatic rings. The second-order valence-corrected chi connectivity index (χ2v) is 6.03. The molecule has 1 amide bonds. The lowest BCUT2D eigenvalue weighted by atomic mass is 9.97. The van der Waals surface area contributed by atoms with Crippen molar-refractivity contribution in [3.8, 4) is 0 Å². The number of carbonyl (C=O) groups excluding carboxylic acids is 2. The number of amides is 1. The molecule has 1 fully saturated rings. The first-order valence-corrected chi connectivity index (χ1v) is 7.41. The Morgan fingerprint density at radius 1 is 1.47 bits per heavy atom. The summed E-state index contributed by atoms with van der Waals surface area (Å²) in [5.41, 5.74) is 0. The predicted octanol–water partition coefficient (Wildman–Crippen LogP) is -2.03. The fraction of sp³-hybridized carbons (Fsp3) is 0.778. The highest BCUT2D eigenvalue weighted by Gasteiger charge is 2.47. The monoisotopic (exact) mass is 297 g/mol. The summed E-state index contributed by atoms with van der Waals surface area (Å²) in [4.78, 5) is 30.9. The molecule has 6 atom stereocenters. The van der Waals surface area contributed by atoms with Crippen LogP contribution in [0.2, 0.25) is 0 Å². The number of hydrogen-bond donors (Lipinski definition) is 4. The molecule has 9 nitrogen and oxygen atoms in total. The van der Waals surface area contributed by atoms with Crippen LogP contribution in [-0.2, 0) is 23.4 Å².